The van der Waals surface area contributed by atoms with Crippen LogP contribution in [0.1, 0.15) is 41.1 Å². The Morgan fingerprint density at radius 3 is 2.55 bits per heavy atom. The molecule has 0 radical (unpaired) electrons. The molecule has 8 heteroatoms. The Morgan fingerprint density at radius 2 is 1.80 bits per heavy atom. The Balaban J connectivity index is 1.47. The van der Waals surface area contributed by atoms with Crippen molar-refractivity contribution in [1.82, 2.24) is 14.2 Å². The lowest BCUT2D eigenvalue weighted by molar-refractivity contribution is 0.415. The minimum absolute atomic E-state index is 0.609. The first-order valence-electron chi connectivity index (χ1n) is 13.6. The van der Waals surface area contributed by atoms with E-state index in [4.69, 9.17) is 22.1 Å². The fourth-order valence-electron chi connectivity index (χ4n) is 5.51. The monoisotopic (exact) mass is 613 g/mol. The lowest BCUT2D eigenvalue weighted by Gasteiger charge is -2.14. The van der Waals surface area contributed by atoms with Crippen LogP contribution < -0.4 is 15.4 Å². The Labute approximate surface area is 248 Å². The minimum atomic E-state index is 0.609. The lowest BCUT2D eigenvalue weighted by atomic mass is 9.98. The van der Waals surface area contributed by atoms with Crippen molar-refractivity contribution in [2.45, 2.75) is 46.2 Å². The maximum Gasteiger partial charge on any atom is 0.150 e. The third-order valence-electron chi connectivity index (χ3n) is 7.59. The van der Waals surface area contributed by atoms with Gasteiger partial charge in [0.1, 0.15) is 22.1 Å². The number of benzene rings is 3. The van der Waals surface area contributed by atoms with Crippen molar-refractivity contribution in [3.8, 4) is 16.9 Å². The number of hydrogen-bond donors (Lipinski definition) is 2. The Morgan fingerprint density at radius 1 is 1.02 bits per heavy atom. The van der Waals surface area contributed by atoms with E-state index in [9.17, 15) is 0 Å². The van der Waals surface area contributed by atoms with Crippen LogP contribution in [-0.2, 0) is 19.5 Å². The number of thiocarbonyl (C=S) groups is 1. The third-order valence-corrected chi connectivity index (χ3v) is 8.42. The molecule has 0 unspecified atom stereocenters. The molecule has 40 heavy (non-hydrogen) atoms. The van der Waals surface area contributed by atoms with Crippen molar-refractivity contribution in [2.75, 3.05) is 17.7 Å². The number of rotatable bonds is 7. The Kier molecular flexibility index (Phi) is 7.38. The molecule has 0 fully saturated rings. The second kappa shape index (κ2) is 11.1. The highest BCUT2D eigenvalue weighted by molar-refractivity contribution is 9.10. The first-order valence-corrected chi connectivity index (χ1v) is 14.8. The SMILES string of the molecule is COc1ccc(NCc2nn3c(C(=S)Nc4cc(C)ccc4C)c(-c4ccc(Br)cc4)c4c3n2CCCC4)cc1. The first kappa shape index (κ1) is 26.6. The zero-order valence-corrected chi connectivity index (χ0v) is 25.3. The van der Waals surface area contributed by atoms with E-state index < -0.39 is 0 Å². The number of aromatic nitrogens is 3. The summed E-state index contributed by atoms with van der Waals surface area (Å²) in [6.45, 7) is 5.74. The highest BCUT2D eigenvalue weighted by Crippen LogP contribution is 2.38. The molecule has 2 N–H and O–H groups in total. The van der Waals surface area contributed by atoms with Crippen LogP contribution in [0, 0.1) is 13.8 Å². The lowest BCUT2D eigenvalue weighted by Crippen LogP contribution is -2.16. The maximum atomic E-state index is 6.16. The van der Waals surface area contributed by atoms with E-state index >= 15 is 0 Å². The Hall–Kier alpha value is -3.62. The molecule has 0 atom stereocenters. The van der Waals surface area contributed by atoms with Gasteiger partial charge >= 0.3 is 0 Å². The summed E-state index contributed by atoms with van der Waals surface area (Å²) >= 11 is 9.76. The number of methoxy groups -OCH3 is 1. The normalized spacial score (nSPS) is 12.8. The summed E-state index contributed by atoms with van der Waals surface area (Å²) in [6.07, 6.45) is 3.21. The Bertz CT molecular complexity index is 1700. The van der Waals surface area contributed by atoms with E-state index in [1.807, 2.05) is 24.3 Å². The van der Waals surface area contributed by atoms with Crippen LogP contribution >= 0.6 is 28.1 Å². The van der Waals surface area contributed by atoms with Gasteiger partial charge in [-0.1, -0.05) is 52.4 Å². The van der Waals surface area contributed by atoms with Crippen molar-refractivity contribution in [3.05, 3.63) is 99.4 Å². The second-order valence-corrected chi connectivity index (χ2v) is 11.6. The van der Waals surface area contributed by atoms with Crippen molar-refractivity contribution < 1.29 is 4.74 Å². The number of anilines is 2. The molecule has 3 heterocycles. The molecule has 0 aliphatic carbocycles. The van der Waals surface area contributed by atoms with Crippen LogP contribution in [0.3, 0.4) is 0 Å². The summed E-state index contributed by atoms with van der Waals surface area (Å²) in [5.41, 5.74) is 10.1. The molecule has 6 nitrogen and oxygen atoms in total. The smallest absolute Gasteiger partial charge is 0.150 e. The van der Waals surface area contributed by atoms with Crippen molar-refractivity contribution in [1.29, 1.82) is 0 Å². The molecule has 204 valence electrons. The zero-order valence-electron chi connectivity index (χ0n) is 22.9. The highest BCUT2D eigenvalue weighted by Gasteiger charge is 2.29. The number of nitrogens with zero attached hydrogens (tertiary/aromatic N) is 3. The molecule has 5 aromatic rings. The molecule has 1 aliphatic heterocycles. The van der Waals surface area contributed by atoms with Gasteiger partial charge in [-0.3, -0.25) is 0 Å². The van der Waals surface area contributed by atoms with E-state index in [0.717, 1.165) is 75.7 Å². The van der Waals surface area contributed by atoms with Crippen LogP contribution in [0.5, 0.6) is 5.75 Å². The topological polar surface area (TPSA) is 55.5 Å². The van der Waals surface area contributed by atoms with Gasteiger partial charge in [-0.05, 0) is 92.3 Å². The van der Waals surface area contributed by atoms with Crippen molar-refractivity contribution in [2.24, 2.45) is 0 Å². The van der Waals surface area contributed by atoms with E-state index in [-0.39, 0.29) is 0 Å². The van der Waals surface area contributed by atoms with Crippen LogP contribution in [0.15, 0.2) is 71.2 Å². The molecule has 0 saturated heterocycles. The minimum Gasteiger partial charge on any atom is -0.497 e. The summed E-state index contributed by atoms with van der Waals surface area (Å²) in [7, 11) is 1.68. The molecule has 3 aromatic carbocycles. The largest absolute Gasteiger partial charge is 0.497 e. The average molecular weight is 615 g/mol. The molecule has 1 aliphatic rings. The van der Waals surface area contributed by atoms with Crippen molar-refractivity contribution in [3.63, 3.8) is 0 Å². The fraction of sp³-hybridized carbons (Fsp3) is 0.250. The molecule has 0 bridgehead atoms. The summed E-state index contributed by atoms with van der Waals surface area (Å²) in [4.78, 5) is 0.674. The van der Waals surface area contributed by atoms with Crippen LogP contribution in [0.25, 0.3) is 16.8 Å². The maximum absolute atomic E-state index is 6.16. The van der Waals surface area contributed by atoms with Gasteiger partial charge in [0.15, 0.2) is 5.82 Å². The quantitative estimate of drug-likeness (QED) is 0.183. The van der Waals surface area contributed by atoms with E-state index in [1.54, 1.807) is 7.11 Å². The number of aryl methyl sites for hydroxylation is 4. The average Bonchev–Trinajstić information content (AvgIpc) is 3.36. The summed E-state index contributed by atoms with van der Waals surface area (Å²) in [5, 5.41) is 12.3. The molecule has 2 aromatic heterocycles. The van der Waals surface area contributed by atoms with E-state index in [0.29, 0.717) is 11.5 Å². The molecule has 0 saturated carbocycles. The molecular weight excluding hydrogens is 582 g/mol. The fourth-order valence-corrected chi connectivity index (χ4v) is 6.08. The molecule has 6 rings (SSSR count). The van der Waals surface area contributed by atoms with Crippen LogP contribution in [-0.4, -0.2) is 26.3 Å². The van der Waals surface area contributed by atoms with Crippen LogP contribution in [0.4, 0.5) is 11.4 Å². The van der Waals surface area contributed by atoms with Gasteiger partial charge in [0, 0.05) is 33.5 Å². The van der Waals surface area contributed by atoms with E-state index in [2.05, 4.69) is 92.0 Å². The summed E-state index contributed by atoms with van der Waals surface area (Å²) in [6, 6.07) is 22.9. The van der Waals surface area contributed by atoms with Gasteiger partial charge in [0.05, 0.1) is 13.7 Å². The van der Waals surface area contributed by atoms with E-state index in [1.165, 1.54) is 16.7 Å². The number of hydrogen-bond acceptors (Lipinski definition) is 4. The second-order valence-electron chi connectivity index (χ2n) is 10.3. The van der Waals surface area contributed by atoms with Gasteiger partial charge in [0.25, 0.3) is 0 Å². The zero-order chi connectivity index (χ0) is 27.8. The van der Waals surface area contributed by atoms with Gasteiger partial charge in [-0.25, -0.2) is 4.52 Å². The third kappa shape index (κ3) is 5.02. The molecule has 0 spiro atoms. The molecular formula is C32H32BrN5OS. The summed E-state index contributed by atoms with van der Waals surface area (Å²) < 4.78 is 10.8. The van der Waals surface area contributed by atoms with Gasteiger partial charge in [-0.2, -0.15) is 5.10 Å². The van der Waals surface area contributed by atoms with Crippen molar-refractivity contribution >= 4 is 50.2 Å². The predicted octanol–water partition coefficient (Wildman–Crippen LogP) is 7.93. The highest BCUT2D eigenvalue weighted by atomic mass is 79.9. The predicted molar refractivity (Wildman–Crippen MR) is 171 cm³/mol. The standard InChI is InChI=1S/C32H32BrN5OS/c1-20-7-8-21(2)27(18-20)35-31(40)30-29(22-9-11-23(33)12-10-22)26-6-4-5-17-37-28(36-38(30)32(26)37)19-34-24-13-15-25(39-3)16-14-24/h7-16,18,34H,4-6,17,19H2,1-3H3,(H,35,40). The number of ether oxygens (including phenoxy) is 1. The van der Waals surface area contributed by atoms with Gasteiger partial charge < -0.3 is 19.9 Å². The number of nitrogens with one attached hydrogen (secondary N) is 2. The first-order chi connectivity index (χ1) is 19.4. The number of halogens is 1. The van der Waals surface area contributed by atoms with Gasteiger partial charge in [-0.15, -0.1) is 0 Å². The van der Waals surface area contributed by atoms with Crippen LogP contribution in [0.2, 0.25) is 0 Å². The van der Waals surface area contributed by atoms with Gasteiger partial charge in [0.2, 0.25) is 0 Å². The molecule has 0 amide bonds. The summed E-state index contributed by atoms with van der Waals surface area (Å²) in [5.74, 6) is 1.83.